The van der Waals surface area contributed by atoms with Gasteiger partial charge in [0.25, 0.3) is 0 Å². The molecule has 0 saturated carbocycles. The molecule has 1 aliphatic heterocycles. The molecule has 0 amide bonds. The van der Waals surface area contributed by atoms with Crippen molar-refractivity contribution in [1.29, 1.82) is 0 Å². The number of rotatable bonds is 7. The second-order valence-electron chi connectivity index (χ2n) is 4.44. The van der Waals surface area contributed by atoms with Gasteiger partial charge in [-0.3, -0.25) is 0 Å². The Bertz CT molecular complexity index is 396. The summed E-state index contributed by atoms with van der Waals surface area (Å²) >= 11 is 0. The molecule has 1 fully saturated rings. The van der Waals surface area contributed by atoms with Gasteiger partial charge in [0.1, 0.15) is 0 Å². The molecule has 7 heteroatoms. The molecular weight excluding hydrogens is 246 g/mol. The van der Waals surface area contributed by atoms with E-state index in [9.17, 15) is 0 Å². The van der Waals surface area contributed by atoms with Gasteiger partial charge < -0.3 is 20.1 Å². The lowest BCUT2D eigenvalue weighted by molar-refractivity contribution is 0.185. The Morgan fingerprint density at radius 3 is 2.68 bits per heavy atom. The highest BCUT2D eigenvalue weighted by atomic mass is 16.5. The summed E-state index contributed by atoms with van der Waals surface area (Å²) in [6.07, 6.45) is 2.20. The van der Waals surface area contributed by atoms with Gasteiger partial charge in [0.2, 0.25) is 11.9 Å². The summed E-state index contributed by atoms with van der Waals surface area (Å²) in [7, 11) is 1.55. The Kier molecular flexibility index (Phi) is 5.14. The summed E-state index contributed by atoms with van der Waals surface area (Å²) in [5.41, 5.74) is 0. The van der Waals surface area contributed by atoms with Crippen molar-refractivity contribution in [2.75, 3.05) is 44.0 Å². The van der Waals surface area contributed by atoms with Crippen molar-refractivity contribution in [3.8, 4) is 6.01 Å². The molecule has 1 aliphatic rings. The summed E-state index contributed by atoms with van der Waals surface area (Å²) in [5, 5.41) is 6.26. The molecule has 1 atom stereocenters. The van der Waals surface area contributed by atoms with Gasteiger partial charge in [0, 0.05) is 26.3 Å². The van der Waals surface area contributed by atoms with E-state index >= 15 is 0 Å². The summed E-state index contributed by atoms with van der Waals surface area (Å²) in [6.45, 7) is 5.32. The minimum absolute atomic E-state index is 0.317. The highest BCUT2D eigenvalue weighted by Crippen LogP contribution is 2.16. The Hall–Kier alpha value is -1.63. The number of ether oxygens (including phenoxy) is 2. The van der Waals surface area contributed by atoms with Crippen LogP contribution in [-0.4, -0.2) is 48.4 Å². The summed E-state index contributed by atoms with van der Waals surface area (Å²) in [5.74, 6) is 1.72. The monoisotopic (exact) mass is 267 g/mol. The van der Waals surface area contributed by atoms with E-state index in [2.05, 4.69) is 25.6 Å². The molecule has 7 nitrogen and oxygen atoms in total. The van der Waals surface area contributed by atoms with Gasteiger partial charge in [0.15, 0.2) is 0 Å². The maximum Gasteiger partial charge on any atom is 0.322 e. The molecule has 1 aromatic rings. The first kappa shape index (κ1) is 13.8. The van der Waals surface area contributed by atoms with Gasteiger partial charge in [-0.05, 0) is 25.7 Å². The average molecular weight is 267 g/mol. The molecule has 2 rings (SSSR count). The van der Waals surface area contributed by atoms with Crippen LogP contribution in [0.15, 0.2) is 0 Å². The van der Waals surface area contributed by atoms with E-state index in [-0.39, 0.29) is 0 Å². The molecular formula is C12H21N5O2. The standard InChI is InChI=1S/C12H21N5O2/c1-3-13-10-15-11(17-12(16-10)18-2)14-6-4-9-5-7-19-8-9/h9H,3-8H2,1-2H3,(H2,13,14,15,16,17). The highest BCUT2D eigenvalue weighted by Gasteiger charge is 2.15. The van der Waals surface area contributed by atoms with Gasteiger partial charge in [0.05, 0.1) is 7.11 Å². The van der Waals surface area contributed by atoms with Crippen molar-refractivity contribution in [2.24, 2.45) is 5.92 Å². The third kappa shape index (κ3) is 4.20. The van der Waals surface area contributed by atoms with Crippen LogP contribution in [0.3, 0.4) is 0 Å². The van der Waals surface area contributed by atoms with Crippen LogP contribution in [0.5, 0.6) is 6.01 Å². The maximum absolute atomic E-state index is 5.35. The zero-order valence-electron chi connectivity index (χ0n) is 11.5. The lowest BCUT2D eigenvalue weighted by Gasteiger charge is -2.10. The predicted molar refractivity (Wildman–Crippen MR) is 72.6 cm³/mol. The normalized spacial score (nSPS) is 18.3. The number of hydrogen-bond donors (Lipinski definition) is 2. The van der Waals surface area contributed by atoms with Crippen molar-refractivity contribution >= 4 is 11.9 Å². The van der Waals surface area contributed by atoms with E-state index < -0.39 is 0 Å². The zero-order valence-corrected chi connectivity index (χ0v) is 11.5. The van der Waals surface area contributed by atoms with Gasteiger partial charge >= 0.3 is 6.01 Å². The topological polar surface area (TPSA) is 81.2 Å². The minimum atomic E-state index is 0.317. The quantitative estimate of drug-likeness (QED) is 0.767. The van der Waals surface area contributed by atoms with Crippen LogP contribution in [0.2, 0.25) is 0 Å². The van der Waals surface area contributed by atoms with Crippen molar-refractivity contribution in [3.63, 3.8) is 0 Å². The smallest absolute Gasteiger partial charge is 0.322 e. The fourth-order valence-corrected chi connectivity index (χ4v) is 1.96. The van der Waals surface area contributed by atoms with Crippen molar-refractivity contribution in [3.05, 3.63) is 0 Å². The van der Waals surface area contributed by atoms with E-state index in [1.807, 2.05) is 6.92 Å². The Morgan fingerprint density at radius 1 is 1.26 bits per heavy atom. The van der Waals surface area contributed by atoms with Gasteiger partial charge in [-0.2, -0.15) is 15.0 Å². The van der Waals surface area contributed by atoms with E-state index in [0.717, 1.165) is 39.1 Å². The fourth-order valence-electron chi connectivity index (χ4n) is 1.96. The van der Waals surface area contributed by atoms with Gasteiger partial charge in [-0.25, -0.2) is 0 Å². The third-order valence-electron chi connectivity index (χ3n) is 2.99. The molecule has 1 aromatic heterocycles. The Morgan fingerprint density at radius 2 is 2.05 bits per heavy atom. The number of nitrogens with zero attached hydrogens (tertiary/aromatic N) is 3. The fraction of sp³-hybridized carbons (Fsp3) is 0.750. The highest BCUT2D eigenvalue weighted by molar-refractivity contribution is 5.35. The van der Waals surface area contributed by atoms with Crippen molar-refractivity contribution < 1.29 is 9.47 Å². The molecule has 19 heavy (non-hydrogen) atoms. The van der Waals surface area contributed by atoms with Gasteiger partial charge in [-0.15, -0.1) is 0 Å². The molecule has 1 unspecified atom stereocenters. The van der Waals surface area contributed by atoms with E-state index in [0.29, 0.717) is 23.8 Å². The second-order valence-corrected chi connectivity index (χ2v) is 4.44. The minimum Gasteiger partial charge on any atom is -0.467 e. The van der Waals surface area contributed by atoms with Crippen LogP contribution < -0.4 is 15.4 Å². The maximum atomic E-state index is 5.35. The third-order valence-corrected chi connectivity index (χ3v) is 2.99. The summed E-state index contributed by atoms with van der Waals surface area (Å²) in [4.78, 5) is 12.6. The first-order valence-corrected chi connectivity index (χ1v) is 6.67. The van der Waals surface area contributed by atoms with Crippen LogP contribution in [0.25, 0.3) is 0 Å². The first-order chi connectivity index (χ1) is 9.31. The molecule has 2 N–H and O–H groups in total. The molecule has 2 heterocycles. The van der Waals surface area contributed by atoms with Gasteiger partial charge in [-0.1, -0.05) is 0 Å². The SMILES string of the molecule is CCNc1nc(NCCC2CCOC2)nc(OC)n1. The van der Waals surface area contributed by atoms with E-state index in [1.54, 1.807) is 7.11 Å². The van der Waals surface area contributed by atoms with Crippen LogP contribution in [0.4, 0.5) is 11.9 Å². The lowest BCUT2D eigenvalue weighted by atomic mass is 10.1. The number of aromatic nitrogens is 3. The number of methoxy groups -OCH3 is 1. The van der Waals surface area contributed by atoms with Crippen molar-refractivity contribution in [2.45, 2.75) is 19.8 Å². The first-order valence-electron chi connectivity index (χ1n) is 6.67. The molecule has 0 spiro atoms. The molecule has 0 radical (unpaired) electrons. The molecule has 106 valence electrons. The van der Waals surface area contributed by atoms with E-state index in [1.165, 1.54) is 0 Å². The summed E-state index contributed by atoms with van der Waals surface area (Å²) < 4.78 is 10.4. The molecule has 0 bridgehead atoms. The van der Waals surface area contributed by atoms with Crippen LogP contribution in [-0.2, 0) is 4.74 Å². The number of anilines is 2. The Balaban J connectivity index is 1.88. The molecule has 1 saturated heterocycles. The van der Waals surface area contributed by atoms with Crippen LogP contribution in [0, 0.1) is 5.92 Å². The zero-order chi connectivity index (χ0) is 13.5. The number of hydrogen-bond acceptors (Lipinski definition) is 7. The van der Waals surface area contributed by atoms with Crippen LogP contribution >= 0.6 is 0 Å². The van der Waals surface area contributed by atoms with Crippen LogP contribution in [0.1, 0.15) is 19.8 Å². The molecule has 0 aliphatic carbocycles. The largest absolute Gasteiger partial charge is 0.467 e. The lowest BCUT2D eigenvalue weighted by Crippen LogP contribution is -2.13. The van der Waals surface area contributed by atoms with Crippen molar-refractivity contribution in [1.82, 2.24) is 15.0 Å². The average Bonchev–Trinajstić information content (AvgIpc) is 2.92. The predicted octanol–water partition coefficient (Wildman–Crippen LogP) is 1.15. The summed E-state index contributed by atoms with van der Waals surface area (Å²) in [6, 6.07) is 0.317. The second kappa shape index (κ2) is 7.08. The molecule has 0 aromatic carbocycles. The van der Waals surface area contributed by atoms with E-state index in [4.69, 9.17) is 9.47 Å². The number of nitrogens with one attached hydrogen (secondary N) is 2. The Labute approximate surface area is 113 Å².